The summed E-state index contributed by atoms with van der Waals surface area (Å²) in [4.78, 5) is 15.3. The van der Waals surface area contributed by atoms with Crippen LogP contribution in [0.4, 0.5) is 10.7 Å². The number of hydrogen-bond acceptors (Lipinski definition) is 4. The largest absolute Gasteiger partial charge is 0.397 e. The van der Waals surface area contributed by atoms with Crippen molar-refractivity contribution in [2.24, 2.45) is 5.92 Å². The summed E-state index contributed by atoms with van der Waals surface area (Å²) in [5.74, 6) is 1.37. The molecule has 2 N–H and O–H groups in total. The standard InChI is InChI=1S/C16H26N2OS/c1-5-12(19)15-14(17)13(11-7-8-11)16(20-15)18(6-2)9-10(3)4/h10-11H,5-9,17H2,1-4H3. The van der Waals surface area contributed by atoms with E-state index in [4.69, 9.17) is 5.73 Å². The number of nitrogens with two attached hydrogens (primary N) is 1. The fourth-order valence-electron chi connectivity index (χ4n) is 2.61. The van der Waals surface area contributed by atoms with Crippen molar-refractivity contribution in [2.75, 3.05) is 23.7 Å². The molecule has 1 fully saturated rings. The number of ketones is 1. The van der Waals surface area contributed by atoms with Crippen LogP contribution in [-0.4, -0.2) is 18.9 Å². The highest BCUT2D eigenvalue weighted by molar-refractivity contribution is 7.19. The maximum Gasteiger partial charge on any atom is 0.174 e. The van der Waals surface area contributed by atoms with Crippen LogP contribution in [0.5, 0.6) is 0 Å². The van der Waals surface area contributed by atoms with Crippen molar-refractivity contribution >= 4 is 27.8 Å². The Morgan fingerprint density at radius 3 is 2.50 bits per heavy atom. The summed E-state index contributed by atoms with van der Waals surface area (Å²) >= 11 is 1.61. The van der Waals surface area contributed by atoms with E-state index >= 15 is 0 Å². The first-order valence-corrected chi connectivity index (χ1v) is 8.51. The minimum Gasteiger partial charge on any atom is -0.397 e. The summed E-state index contributed by atoms with van der Waals surface area (Å²) in [5, 5.41) is 1.25. The van der Waals surface area contributed by atoms with Crippen LogP contribution in [0.15, 0.2) is 0 Å². The molecule has 0 unspecified atom stereocenters. The monoisotopic (exact) mass is 294 g/mol. The van der Waals surface area contributed by atoms with E-state index in [2.05, 4.69) is 25.7 Å². The minimum absolute atomic E-state index is 0.182. The Labute approximate surface area is 126 Å². The average Bonchev–Trinajstić information content (AvgIpc) is 3.19. The van der Waals surface area contributed by atoms with Gasteiger partial charge in [0.15, 0.2) is 5.78 Å². The Bertz CT molecular complexity index is 489. The lowest BCUT2D eigenvalue weighted by atomic mass is 10.1. The lowest BCUT2D eigenvalue weighted by molar-refractivity contribution is 0.0993. The predicted octanol–water partition coefficient (Wildman–Crippen LogP) is 4.28. The van der Waals surface area contributed by atoms with Gasteiger partial charge in [0.2, 0.25) is 0 Å². The van der Waals surface area contributed by atoms with Crippen molar-refractivity contribution in [3.05, 3.63) is 10.4 Å². The van der Waals surface area contributed by atoms with Gasteiger partial charge in [-0.2, -0.15) is 0 Å². The summed E-state index contributed by atoms with van der Waals surface area (Å²) in [6, 6.07) is 0. The average molecular weight is 294 g/mol. The molecule has 0 radical (unpaired) electrons. The summed E-state index contributed by atoms with van der Waals surface area (Å²) in [5.41, 5.74) is 8.33. The molecule has 1 saturated carbocycles. The minimum atomic E-state index is 0.182. The van der Waals surface area contributed by atoms with Crippen LogP contribution in [0.2, 0.25) is 0 Å². The van der Waals surface area contributed by atoms with Crippen molar-refractivity contribution in [1.82, 2.24) is 0 Å². The number of rotatable bonds is 7. The zero-order valence-corrected chi connectivity index (χ0v) is 13.8. The third kappa shape index (κ3) is 3.00. The first-order valence-electron chi connectivity index (χ1n) is 7.69. The summed E-state index contributed by atoms with van der Waals surface area (Å²) < 4.78 is 0. The molecule has 2 rings (SSSR count). The Hall–Kier alpha value is -1.03. The second kappa shape index (κ2) is 6.17. The number of nitrogens with zero attached hydrogens (tertiary/aromatic N) is 1. The van der Waals surface area contributed by atoms with E-state index in [1.54, 1.807) is 11.3 Å². The maximum absolute atomic E-state index is 12.1. The second-order valence-corrected chi connectivity index (χ2v) is 7.05. The van der Waals surface area contributed by atoms with Crippen LogP contribution >= 0.6 is 11.3 Å². The van der Waals surface area contributed by atoms with Gasteiger partial charge in [0.1, 0.15) is 0 Å². The molecule has 0 spiro atoms. The number of hydrogen-bond donors (Lipinski definition) is 1. The van der Waals surface area contributed by atoms with Gasteiger partial charge in [-0.25, -0.2) is 0 Å². The summed E-state index contributed by atoms with van der Waals surface area (Å²) in [7, 11) is 0. The summed E-state index contributed by atoms with van der Waals surface area (Å²) in [6.07, 6.45) is 2.96. The predicted molar refractivity (Wildman–Crippen MR) is 88.1 cm³/mol. The van der Waals surface area contributed by atoms with Gasteiger partial charge < -0.3 is 10.6 Å². The summed E-state index contributed by atoms with van der Waals surface area (Å²) in [6.45, 7) is 10.5. The molecule has 1 heterocycles. The third-order valence-corrected chi connectivity index (χ3v) is 5.10. The van der Waals surface area contributed by atoms with Gasteiger partial charge in [-0.05, 0) is 31.6 Å². The molecule has 1 aromatic heterocycles. The molecule has 4 heteroatoms. The van der Waals surface area contributed by atoms with E-state index < -0.39 is 0 Å². The van der Waals surface area contributed by atoms with Crippen LogP contribution in [0.25, 0.3) is 0 Å². The molecule has 0 amide bonds. The van der Waals surface area contributed by atoms with Crippen LogP contribution in [0.3, 0.4) is 0 Å². The molecule has 1 aliphatic rings. The van der Waals surface area contributed by atoms with E-state index in [1.165, 1.54) is 23.4 Å². The van der Waals surface area contributed by atoms with E-state index in [1.807, 2.05) is 6.92 Å². The highest BCUT2D eigenvalue weighted by Gasteiger charge is 2.34. The Morgan fingerprint density at radius 1 is 1.40 bits per heavy atom. The number of anilines is 2. The van der Waals surface area contributed by atoms with Crippen LogP contribution < -0.4 is 10.6 Å². The molecule has 3 nitrogen and oxygen atoms in total. The molecular weight excluding hydrogens is 268 g/mol. The molecule has 1 aromatic rings. The molecular formula is C16H26N2OS. The van der Waals surface area contributed by atoms with Gasteiger partial charge in [-0.3, -0.25) is 4.79 Å². The highest BCUT2D eigenvalue weighted by Crippen LogP contribution is 2.52. The third-order valence-electron chi connectivity index (χ3n) is 3.78. The molecule has 0 aromatic carbocycles. The maximum atomic E-state index is 12.1. The van der Waals surface area contributed by atoms with E-state index in [0.29, 0.717) is 18.3 Å². The normalized spacial score (nSPS) is 14.8. The first kappa shape index (κ1) is 15.4. The second-order valence-electron chi connectivity index (χ2n) is 6.05. The Morgan fingerprint density at radius 2 is 2.05 bits per heavy atom. The number of carbonyl (C=O) groups excluding carboxylic acids is 1. The quantitative estimate of drug-likeness (QED) is 0.763. The molecule has 0 aliphatic heterocycles. The van der Waals surface area contributed by atoms with Crippen molar-refractivity contribution in [2.45, 2.75) is 52.9 Å². The molecule has 1 aliphatic carbocycles. The van der Waals surface area contributed by atoms with Gasteiger partial charge in [0, 0.05) is 25.1 Å². The van der Waals surface area contributed by atoms with Crippen molar-refractivity contribution in [3.63, 3.8) is 0 Å². The van der Waals surface area contributed by atoms with Crippen LogP contribution in [-0.2, 0) is 0 Å². The Balaban J connectivity index is 2.42. The lowest BCUT2D eigenvalue weighted by Crippen LogP contribution is -2.27. The van der Waals surface area contributed by atoms with Gasteiger partial charge in [-0.1, -0.05) is 20.8 Å². The van der Waals surface area contributed by atoms with Gasteiger partial charge in [0.05, 0.1) is 15.6 Å². The van der Waals surface area contributed by atoms with Gasteiger partial charge in [0.25, 0.3) is 0 Å². The molecule has 0 bridgehead atoms. The van der Waals surface area contributed by atoms with E-state index in [-0.39, 0.29) is 5.78 Å². The number of nitrogen functional groups attached to an aromatic ring is 1. The topological polar surface area (TPSA) is 46.3 Å². The molecule has 20 heavy (non-hydrogen) atoms. The highest BCUT2D eigenvalue weighted by atomic mass is 32.1. The number of Topliss-reactive ketones (excluding diaryl/α,β-unsaturated/α-hetero) is 1. The molecule has 0 saturated heterocycles. The van der Waals surface area contributed by atoms with E-state index in [9.17, 15) is 4.79 Å². The van der Waals surface area contributed by atoms with Gasteiger partial charge >= 0.3 is 0 Å². The van der Waals surface area contributed by atoms with Crippen molar-refractivity contribution in [3.8, 4) is 0 Å². The molecule has 0 atom stereocenters. The SMILES string of the molecule is CCC(=O)c1sc(N(CC)CC(C)C)c(C2CC2)c1N. The van der Waals surface area contributed by atoms with Crippen LogP contribution in [0.1, 0.15) is 68.1 Å². The zero-order chi connectivity index (χ0) is 14.9. The van der Waals surface area contributed by atoms with Gasteiger partial charge in [-0.15, -0.1) is 11.3 Å². The van der Waals surface area contributed by atoms with Crippen molar-refractivity contribution in [1.29, 1.82) is 0 Å². The fourth-order valence-corrected chi connectivity index (χ4v) is 4.00. The Kier molecular flexibility index (Phi) is 4.74. The van der Waals surface area contributed by atoms with Crippen LogP contribution in [0, 0.1) is 5.92 Å². The number of thiophene rings is 1. The lowest BCUT2D eigenvalue weighted by Gasteiger charge is -2.25. The smallest absolute Gasteiger partial charge is 0.174 e. The molecule has 112 valence electrons. The van der Waals surface area contributed by atoms with E-state index in [0.717, 1.165) is 23.7 Å². The fraction of sp³-hybridized carbons (Fsp3) is 0.688. The van der Waals surface area contributed by atoms with Crippen molar-refractivity contribution < 1.29 is 4.79 Å². The zero-order valence-electron chi connectivity index (χ0n) is 13.0. The number of carbonyl (C=O) groups is 1. The first-order chi connectivity index (χ1) is 9.49.